The summed E-state index contributed by atoms with van der Waals surface area (Å²) < 4.78 is 32.9. The van der Waals surface area contributed by atoms with Gasteiger partial charge < -0.3 is 9.64 Å². The maximum absolute atomic E-state index is 13.2. The zero-order valence-electron chi connectivity index (χ0n) is 15.4. The molecule has 1 fully saturated rings. The van der Waals surface area contributed by atoms with Crippen LogP contribution in [-0.2, 0) is 37.2 Å². The number of sulfonamides is 1. The quantitative estimate of drug-likeness (QED) is 0.725. The molecule has 3 aliphatic heterocycles. The molecule has 1 amide bonds. The molecule has 1 atom stereocenters. The van der Waals surface area contributed by atoms with E-state index in [0.29, 0.717) is 32.5 Å². The molecule has 0 bridgehead atoms. The SMILES string of the molecule is CCOC(=O)[C@H]1CCCN(S(=O)(=O)c2cc3c4c(c2)CC(=O)N4CCC3)C1. The van der Waals surface area contributed by atoms with Crippen molar-refractivity contribution in [2.45, 2.75) is 43.9 Å². The van der Waals surface area contributed by atoms with Crippen molar-refractivity contribution in [1.29, 1.82) is 0 Å². The number of amides is 1. The first-order chi connectivity index (χ1) is 12.9. The Balaban J connectivity index is 1.64. The summed E-state index contributed by atoms with van der Waals surface area (Å²) in [4.78, 5) is 26.3. The summed E-state index contributed by atoms with van der Waals surface area (Å²) >= 11 is 0. The monoisotopic (exact) mass is 392 g/mol. The van der Waals surface area contributed by atoms with Crippen LogP contribution in [-0.4, -0.2) is 50.8 Å². The Morgan fingerprint density at radius 3 is 2.78 bits per heavy atom. The number of carbonyl (C=O) groups is 2. The van der Waals surface area contributed by atoms with E-state index < -0.39 is 15.9 Å². The molecule has 0 aliphatic carbocycles. The van der Waals surface area contributed by atoms with Gasteiger partial charge in [-0.05, 0) is 55.9 Å². The lowest BCUT2D eigenvalue weighted by Crippen LogP contribution is -2.42. The van der Waals surface area contributed by atoms with Crippen LogP contribution in [0.25, 0.3) is 0 Å². The number of hydrogen-bond donors (Lipinski definition) is 0. The van der Waals surface area contributed by atoms with Crippen LogP contribution in [0, 0.1) is 5.92 Å². The van der Waals surface area contributed by atoms with Gasteiger partial charge in [-0.1, -0.05) is 0 Å². The average Bonchev–Trinajstić information content (AvgIpc) is 2.99. The number of anilines is 1. The summed E-state index contributed by atoms with van der Waals surface area (Å²) in [6.45, 7) is 3.29. The molecular weight excluding hydrogens is 368 g/mol. The number of esters is 1. The standard InChI is InChI=1S/C19H24N2O5S/c1-2-26-19(23)14-6-3-7-20(12-14)27(24,25)16-9-13-5-4-8-21-17(22)11-15(10-16)18(13)21/h9-10,14H,2-8,11-12H2,1H3/t14-/m0/s1. The van der Waals surface area contributed by atoms with Crippen LogP contribution in [0.15, 0.2) is 17.0 Å². The van der Waals surface area contributed by atoms with Gasteiger partial charge in [0.15, 0.2) is 0 Å². The predicted molar refractivity (Wildman–Crippen MR) is 98.9 cm³/mol. The first kappa shape index (κ1) is 18.4. The highest BCUT2D eigenvalue weighted by atomic mass is 32.2. The van der Waals surface area contributed by atoms with E-state index >= 15 is 0 Å². The van der Waals surface area contributed by atoms with Crippen LogP contribution in [0.4, 0.5) is 5.69 Å². The van der Waals surface area contributed by atoms with E-state index in [4.69, 9.17) is 4.74 Å². The number of nitrogens with zero attached hydrogens (tertiary/aromatic N) is 2. The molecule has 0 unspecified atom stereocenters. The van der Waals surface area contributed by atoms with Gasteiger partial charge in [0.2, 0.25) is 15.9 Å². The van der Waals surface area contributed by atoms with Crippen molar-refractivity contribution in [1.82, 2.24) is 4.31 Å². The highest BCUT2D eigenvalue weighted by Crippen LogP contribution is 2.39. The Kier molecular flexibility index (Phi) is 4.71. The summed E-state index contributed by atoms with van der Waals surface area (Å²) in [5, 5.41) is 0. The van der Waals surface area contributed by atoms with Crippen molar-refractivity contribution in [3.8, 4) is 0 Å². The second-order valence-electron chi connectivity index (χ2n) is 7.37. The molecule has 3 heterocycles. The number of aryl methyl sites for hydroxylation is 1. The van der Waals surface area contributed by atoms with Gasteiger partial charge in [0, 0.05) is 19.6 Å². The van der Waals surface area contributed by atoms with Gasteiger partial charge in [-0.3, -0.25) is 9.59 Å². The van der Waals surface area contributed by atoms with Gasteiger partial charge >= 0.3 is 5.97 Å². The number of benzene rings is 1. The van der Waals surface area contributed by atoms with E-state index in [1.807, 2.05) is 0 Å². The van der Waals surface area contributed by atoms with Crippen molar-refractivity contribution in [3.63, 3.8) is 0 Å². The van der Waals surface area contributed by atoms with Gasteiger partial charge in [-0.25, -0.2) is 8.42 Å². The third kappa shape index (κ3) is 3.14. The van der Waals surface area contributed by atoms with Gasteiger partial charge in [-0.2, -0.15) is 4.31 Å². The molecular formula is C19H24N2O5S. The topological polar surface area (TPSA) is 84.0 Å². The molecule has 146 valence electrons. The van der Waals surface area contributed by atoms with Crippen LogP contribution < -0.4 is 4.90 Å². The summed E-state index contributed by atoms with van der Waals surface area (Å²) in [7, 11) is -3.71. The minimum atomic E-state index is -3.71. The Bertz CT molecular complexity index is 896. The molecule has 3 aliphatic rings. The predicted octanol–water partition coefficient (Wildman–Crippen LogP) is 1.49. The lowest BCUT2D eigenvalue weighted by Gasteiger charge is -2.31. The van der Waals surface area contributed by atoms with Crippen molar-refractivity contribution in [2.24, 2.45) is 5.92 Å². The maximum Gasteiger partial charge on any atom is 0.310 e. The number of piperidine rings is 1. The molecule has 0 radical (unpaired) electrons. The number of carbonyl (C=O) groups excluding carboxylic acids is 2. The van der Waals surface area contributed by atoms with E-state index in [1.54, 1.807) is 24.0 Å². The van der Waals surface area contributed by atoms with E-state index in [1.165, 1.54) is 4.31 Å². The molecule has 27 heavy (non-hydrogen) atoms. The Morgan fingerprint density at radius 2 is 2.00 bits per heavy atom. The summed E-state index contributed by atoms with van der Waals surface area (Å²) in [6, 6.07) is 3.36. The molecule has 0 spiro atoms. The minimum Gasteiger partial charge on any atom is -0.466 e. The van der Waals surface area contributed by atoms with E-state index in [0.717, 1.165) is 29.7 Å². The lowest BCUT2D eigenvalue weighted by atomic mass is 10.00. The Morgan fingerprint density at radius 1 is 1.22 bits per heavy atom. The van der Waals surface area contributed by atoms with Crippen LogP contribution in [0.5, 0.6) is 0 Å². The molecule has 1 saturated heterocycles. The van der Waals surface area contributed by atoms with Crippen LogP contribution in [0.1, 0.15) is 37.3 Å². The van der Waals surface area contributed by atoms with Crippen LogP contribution in [0.2, 0.25) is 0 Å². The van der Waals surface area contributed by atoms with Crippen molar-refractivity contribution < 1.29 is 22.7 Å². The lowest BCUT2D eigenvalue weighted by molar-refractivity contribution is -0.149. The molecule has 1 aromatic carbocycles. The zero-order valence-corrected chi connectivity index (χ0v) is 16.3. The smallest absolute Gasteiger partial charge is 0.310 e. The normalized spacial score (nSPS) is 22.6. The van der Waals surface area contributed by atoms with E-state index in [-0.39, 0.29) is 29.7 Å². The average molecular weight is 392 g/mol. The third-order valence-electron chi connectivity index (χ3n) is 5.62. The maximum atomic E-state index is 13.2. The van der Waals surface area contributed by atoms with E-state index in [9.17, 15) is 18.0 Å². The number of rotatable bonds is 4. The third-order valence-corrected chi connectivity index (χ3v) is 7.47. The molecule has 0 N–H and O–H groups in total. The van der Waals surface area contributed by atoms with Crippen LogP contribution >= 0.6 is 0 Å². The van der Waals surface area contributed by atoms with Crippen LogP contribution in [0.3, 0.4) is 0 Å². The van der Waals surface area contributed by atoms with Crippen molar-refractivity contribution in [2.75, 3.05) is 31.1 Å². The molecule has 8 heteroatoms. The highest BCUT2D eigenvalue weighted by Gasteiger charge is 2.37. The molecule has 4 rings (SSSR count). The summed E-state index contributed by atoms with van der Waals surface area (Å²) in [5.74, 6) is -0.707. The summed E-state index contributed by atoms with van der Waals surface area (Å²) in [6.07, 6.45) is 3.16. The second-order valence-corrected chi connectivity index (χ2v) is 9.31. The fourth-order valence-corrected chi connectivity index (χ4v) is 5.98. The molecule has 7 nitrogen and oxygen atoms in total. The second kappa shape index (κ2) is 6.91. The Hall–Kier alpha value is -1.93. The highest BCUT2D eigenvalue weighted by molar-refractivity contribution is 7.89. The number of ether oxygens (including phenoxy) is 1. The largest absolute Gasteiger partial charge is 0.466 e. The van der Waals surface area contributed by atoms with Gasteiger partial charge in [0.05, 0.1) is 29.5 Å². The molecule has 1 aromatic rings. The number of hydrogen-bond acceptors (Lipinski definition) is 5. The molecule has 0 aromatic heterocycles. The zero-order chi connectivity index (χ0) is 19.2. The van der Waals surface area contributed by atoms with Gasteiger partial charge in [-0.15, -0.1) is 0 Å². The van der Waals surface area contributed by atoms with Crippen molar-refractivity contribution >= 4 is 27.6 Å². The fraction of sp³-hybridized carbons (Fsp3) is 0.579. The molecule has 0 saturated carbocycles. The Labute approximate surface area is 159 Å². The van der Waals surface area contributed by atoms with Gasteiger partial charge in [0.1, 0.15) is 0 Å². The first-order valence-electron chi connectivity index (χ1n) is 9.54. The van der Waals surface area contributed by atoms with E-state index in [2.05, 4.69) is 0 Å². The first-order valence-corrected chi connectivity index (χ1v) is 11.0. The van der Waals surface area contributed by atoms with Gasteiger partial charge in [0.25, 0.3) is 0 Å². The minimum absolute atomic E-state index is 0.0424. The summed E-state index contributed by atoms with van der Waals surface area (Å²) in [5.41, 5.74) is 2.64. The fourth-order valence-electron chi connectivity index (χ4n) is 4.36. The van der Waals surface area contributed by atoms with Crippen molar-refractivity contribution in [3.05, 3.63) is 23.3 Å².